The van der Waals surface area contributed by atoms with Crippen LogP contribution in [0.5, 0.6) is 0 Å². The lowest BCUT2D eigenvalue weighted by atomic mass is 10.1. The number of hydrogen-bond acceptors (Lipinski definition) is 3. The number of benzene rings is 1. The highest BCUT2D eigenvalue weighted by molar-refractivity contribution is 5.81. The van der Waals surface area contributed by atoms with Crippen LogP contribution in [-0.4, -0.2) is 42.6 Å². The van der Waals surface area contributed by atoms with Gasteiger partial charge in [-0.2, -0.15) is 0 Å². The van der Waals surface area contributed by atoms with E-state index < -0.39 is 6.04 Å². The standard InChI is InChI=1S/C17H26N2O2/c1-13-5-7-15(8-6-13)9-10-19(17(20)14(2)18)12-16-4-3-11-21-16/h5-8,14,16H,3-4,9-12,18H2,1-2H3/t14-,16-/m1/s1. The van der Waals surface area contributed by atoms with Gasteiger partial charge in [0.25, 0.3) is 0 Å². The summed E-state index contributed by atoms with van der Waals surface area (Å²) in [6.07, 6.45) is 3.15. The van der Waals surface area contributed by atoms with Crippen molar-refractivity contribution in [2.24, 2.45) is 5.73 Å². The van der Waals surface area contributed by atoms with E-state index in [1.54, 1.807) is 6.92 Å². The lowest BCUT2D eigenvalue weighted by molar-refractivity contribution is -0.133. The molecule has 0 unspecified atom stereocenters. The SMILES string of the molecule is Cc1ccc(CCN(C[C@H]2CCCO2)C(=O)[C@@H](C)N)cc1. The third-order valence-corrected chi connectivity index (χ3v) is 3.94. The Morgan fingerprint density at radius 2 is 2.14 bits per heavy atom. The number of amides is 1. The van der Waals surface area contributed by atoms with Gasteiger partial charge in [0.15, 0.2) is 0 Å². The van der Waals surface area contributed by atoms with Crippen LogP contribution in [0.15, 0.2) is 24.3 Å². The fourth-order valence-corrected chi connectivity index (χ4v) is 2.63. The molecule has 1 aromatic rings. The summed E-state index contributed by atoms with van der Waals surface area (Å²) >= 11 is 0. The van der Waals surface area contributed by atoms with E-state index in [0.717, 1.165) is 25.9 Å². The minimum Gasteiger partial charge on any atom is -0.376 e. The second-order valence-corrected chi connectivity index (χ2v) is 5.94. The minimum absolute atomic E-state index is 0.0117. The first kappa shape index (κ1) is 16.0. The number of rotatable bonds is 6. The van der Waals surface area contributed by atoms with Crippen LogP contribution in [0.2, 0.25) is 0 Å². The van der Waals surface area contributed by atoms with E-state index in [4.69, 9.17) is 10.5 Å². The summed E-state index contributed by atoms with van der Waals surface area (Å²) in [7, 11) is 0. The summed E-state index contributed by atoms with van der Waals surface area (Å²) in [6, 6.07) is 8.00. The van der Waals surface area contributed by atoms with E-state index in [1.807, 2.05) is 4.90 Å². The number of ether oxygens (including phenoxy) is 1. The smallest absolute Gasteiger partial charge is 0.239 e. The van der Waals surface area contributed by atoms with Gasteiger partial charge in [0, 0.05) is 19.7 Å². The molecule has 4 nitrogen and oxygen atoms in total. The van der Waals surface area contributed by atoms with Crippen molar-refractivity contribution in [1.29, 1.82) is 0 Å². The molecule has 2 atom stereocenters. The van der Waals surface area contributed by atoms with E-state index in [9.17, 15) is 4.79 Å². The zero-order valence-electron chi connectivity index (χ0n) is 13.0. The van der Waals surface area contributed by atoms with E-state index in [1.165, 1.54) is 11.1 Å². The van der Waals surface area contributed by atoms with Crippen molar-refractivity contribution in [3.05, 3.63) is 35.4 Å². The maximum atomic E-state index is 12.3. The number of nitrogens with zero attached hydrogens (tertiary/aromatic N) is 1. The number of hydrogen-bond donors (Lipinski definition) is 1. The fourth-order valence-electron chi connectivity index (χ4n) is 2.63. The van der Waals surface area contributed by atoms with Crippen LogP contribution in [0.25, 0.3) is 0 Å². The molecule has 1 heterocycles. The van der Waals surface area contributed by atoms with Crippen LogP contribution in [0, 0.1) is 6.92 Å². The monoisotopic (exact) mass is 290 g/mol. The number of carbonyl (C=O) groups excluding carboxylic acids is 1. The van der Waals surface area contributed by atoms with E-state index >= 15 is 0 Å². The maximum absolute atomic E-state index is 12.3. The first-order chi connectivity index (χ1) is 10.1. The molecule has 2 N–H and O–H groups in total. The van der Waals surface area contributed by atoms with Crippen LogP contribution in [0.3, 0.4) is 0 Å². The van der Waals surface area contributed by atoms with E-state index in [-0.39, 0.29) is 12.0 Å². The van der Waals surface area contributed by atoms with Crippen molar-refractivity contribution < 1.29 is 9.53 Å². The molecule has 1 amide bonds. The van der Waals surface area contributed by atoms with E-state index in [0.29, 0.717) is 13.1 Å². The minimum atomic E-state index is -0.454. The highest BCUT2D eigenvalue weighted by Gasteiger charge is 2.24. The molecule has 0 saturated carbocycles. The van der Waals surface area contributed by atoms with Gasteiger partial charge in [0.2, 0.25) is 5.91 Å². The Labute approximate surface area is 127 Å². The second kappa shape index (κ2) is 7.57. The summed E-state index contributed by atoms with van der Waals surface area (Å²) < 4.78 is 5.65. The Kier molecular flexibility index (Phi) is 5.76. The number of aryl methyl sites for hydroxylation is 1. The summed E-state index contributed by atoms with van der Waals surface area (Å²) in [6.45, 7) is 5.99. The first-order valence-electron chi connectivity index (χ1n) is 7.78. The Morgan fingerprint density at radius 1 is 1.43 bits per heavy atom. The van der Waals surface area contributed by atoms with Gasteiger partial charge in [-0.1, -0.05) is 29.8 Å². The summed E-state index contributed by atoms with van der Waals surface area (Å²) in [5.74, 6) is 0.0117. The van der Waals surface area contributed by atoms with E-state index in [2.05, 4.69) is 31.2 Å². The Morgan fingerprint density at radius 3 is 2.71 bits per heavy atom. The third kappa shape index (κ3) is 4.83. The van der Waals surface area contributed by atoms with Crippen LogP contribution >= 0.6 is 0 Å². The zero-order valence-corrected chi connectivity index (χ0v) is 13.0. The average Bonchev–Trinajstić information content (AvgIpc) is 2.97. The molecule has 21 heavy (non-hydrogen) atoms. The van der Waals surface area contributed by atoms with Gasteiger partial charge in [0.05, 0.1) is 12.1 Å². The highest BCUT2D eigenvalue weighted by atomic mass is 16.5. The molecular weight excluding hydrogens is 264 g/mol. The number of carbonyl (C=O) groups is 1. The molecule has 1 aromatic carbocycles. The Bertz CT molecular complexity index is 450. The lowest BCUT2D eigenvalue weighted by Gasteiger charge is -2.27. The summed E-state index contributed by atoms with van der Waals surface area (Å²) in [5.41, 5.74) is 8.27. The lowest BCUT2D eigenvalue weighted by Crippen LogP contribution is -2.46. The quantitative estimate of drug-likeness (QED) is 0.870. The largest absolute Gasteiger partial charge is 0.376 e. The maximum Gasteiger partial charge on any atom is 0.239 e. The highest BCUT2D eigenvalue weighted by Crippen LogP contribution is 2.14. The molecule has 0 aliphatic carbocycles. The predicted octanol–water partition coefficient (Wildman–Crippen LogP) is 1.89. The van der Waals surface area contributed by atoms with Crippen molar-refractivity contribution >= 4 is 5.91 Å². The first-order valence-corrected chi connectivity index (χ1v) is 7.78. The van der Waals surface area contributed by atoms with Crippen molar-refractivity contribution in [3.8, 4) is 0 Å². The zero-order chi connectivity index (χ0) is 15.2. The topological polar surface area (TPSA) is 55.6 Å². The van der Waals surface area contributed by atoms with Gasteiger partial charge in [-0.3, -0.25) is 4.79 Å². The molecule has 2 rings (SSSR count). The van der Waals surface area contributed by atoms with Crippen molar-refractivity contribution in [1.82, 2.24) is 4.90 Å². The summed E-state index contributed by atoms with van der Waals surface area (Å²) in [4.78, 5) is 14.1. The number of nitrogens with two attached hydrogens (primary N) is 1. The van der Waals surface area contributed by atoms with Crippen molar-refractivity contribution in [2.75, 3.05) is 19.7 Å². The van der Waals surface area contributed by atoms with Gasteiger partial charge < -0.3 is 15.4 Å². The molecule has 1 aliphatic rings. The second-order valence-electron chi connectivity index (χ2n) is 5.94. The van der Waals surface area contributed by atoms with Gasteiger partial charge in [-0.05, 0) is 38.7 Å². The van der Waals surface area contributed by atoms with Gasteiger partial charge in [-0.25, -0.2) is 0 Å². The predicted molar refractivity (Wildman–Crippen MR) is 84.1 cm³/mol. The van der Waals surface area contributed by atoms with Crippen LogP contribution in [0.4, 0.5) is 0 Å². The Hall–Kier alpha value is -1.39. The molecule has 1 saturated heterocycles. The van der Waals surface area contributed by atoms with Crippen LogP contribution in [-0.2, 0) is 16.0 Å². The molecule has 116 valence electrons. The van der Waals surface area contributed by atoms with Gasteiger partial charge in [0.1, 0.15) is 0 Å². The van der Waals surface area contributed by atoms with Crippen LogP contribution < -0.4 is 5.73 Å². The molecular formula is C17H26N2O2. The molecule has 0 radical (unpaired) electrons. The molecule has 4 heteroatoms. The fraction of sp³-hybridized carbons (Fsp3) is 0.588. The third-order valence-electron chi connectivity index (χ3n) is 3.94. The molecule has 1 fully saturated rings. The molecule has 1 aliphatic heterocycles. The van der Waals surface area contributed by atoms with Gasteiger partial charge >= 0.3 is 0 Å². The molecule has 0 spiro atoms. The van der Waals surface area contributed by atoms with Gasteiger partial charge in [-0.15, -0.1) is 0 Å². The Balaban J connectivity index is 1.94. The van der Waals surface area contributed by atoms with Crippen molar-refractivity contribution in [2.45, 2.75) is 45.3 Å². The van der Waals surface area contributed by atoms with Crippen molar-refractivity contribution in [3.63, 3.8) is 0 Å². The molecule has 0 aromatic heterocycles. The normalized spacial score (nSPS) is 19.5. The average molecular weight is 290 g/mol. The summed E-state index contributed by atoms with van der Waals surface area (Å²) in [5, 5.41) is 0. The van der Waals surface area contributed by atoms with Crippen LogP contribution in [0.1, 0.15) is 30.9 Å². The molecule has 0 bridgehead atoms.